The molecule has 0 aromatic rings. The van der Waals surface area contributed by atoms with E-state index in [0.717, 1.165) is 28.2 Å². The minimum absolute atomic E-state index is 0.184. The van der Waals surface area contributed by atoms with Gasteiger partial charge in [-0.2, -0.15) is 0 Å². The number of rotatable bonds is 6. The molecular formula is C16H22N2O. The molecule has 1 saturated carbocycles. The topological polar surface area (TPSA) is 41.1 Å². The third kappa shape index (κ3) is 3.37. The van der Waals surface area contributed by atoms with Crippen LogP contribution in [0.1, 0.15) is 40.0 Å². The zero-order chi connectivity index (χ0) is 14.0. The fourth-order valence-electron chi connectivity index (χ4n) is 1.83. The molecule has 2 rings (SSSR count). The van der Waals surface area contributed by atoms with E-state index in [2.05, 4.69) is 17.2 Å². The summed E-state index contributed by atoms with van der Waals surface area (Å²) in [7, 11) is 0. The van der Waals surface area contributed by atoms with E-state index in [1.807, 2.05) is 32.9 Å². The molecule has 19 heavy (non-hydrogen) atoms. The third-order valence-electron chi connectivity index (χ3n) is 3.50. The van der Waals surface area contributed by atoms with E-state index in [1.54, 1.807) is 0 Å². The largest absolute Gasteiger partial charge is 0.383 e. The second-order valence-electron chi connectivity index (χ2n) is 5.35. The number of nitrogens with one attached hydrogen (secondary N) is 2. The van der Waals surface area contributed by atoms with Gasteiger partial charge in [-0.3, -0.25) is 4.79 Å². The maximum atomic E-state index is 11.7. The quantitative estimate of drug-likeness (QED) is 0.720. The molecule has 2 N–H and O–H groups in total. The van der Waals surface area contributed by atoms with Gasteiger partial charge in [-0.05, 0) is 45.3 Å². The number of hydrogen-bond acceptors (Lipinski definition) is 3. The lowest BCUT2D eigenvalue weighted by Crippen LogP contribution is -2.36. The Morgan fingerprint density at radius 3 is 2.53 bits per heavy atom. The highest BCUT2D eigenvalue weighted by Gasteiger charge is 2.32. The van der Waals surface area contributed by atoms with Crippen molar-refractivity contribution in [3.8, 4) is 0 Å². The van der Waals surface area contributed by atoms with Crippen molar-refractivity contribution in [3.63, 3.8) is 0 Å². The minimum Gasteiger partial charge on any atom is -0.383 e. The Labute approximate surface area is 115 Å². The van der Waals surface area contributed by atoms with Crippen LogP contribution in [0.25, 0.3) is 0 Å². The summed E-state index contributed by atoms with van der Waals surface area (Å²) in [5, 5.41) is 6.64. The zero-order valence-electron chi connectivity index (χ0n) is 12.0. The molecule has 0 amide bonds. The van der Waals surface area contributed by atoms with Crippen molar-refractivity contribution in [1.29, 1.82) is 0 Å². The standard InChI is InChI=1S/C16H22N2O/c1-5-12(8-11(4)10(2)3)18-16-14(9-15(16)19)17-13-6-7-13/h5,8,13,17-18H,2,6-7,9H2,1,3-4H3/b11-8-,12-5+. The van der Waals surface area contributed by atoms with Gasteiger partial charge in [-0.1, -0.05) is 18.2 Å². The molecule has 0 unspecified atom stereocenters. The van der Waals surface area contributed by atoms with Crippen LogP contribution < -0.4 is 10.6 Å². The first kappa shape index (κ1) is 13.7. The Morgan fingerprint density at radius 2 is 2.05 bits per heavy atom. The van der Waals surface area contributed by atoms with E-state index in [4.69, 9.17) is 0 Å². The first-order chi connectivity index (χ1) is 9.01. The first-order valence-corrected chi connectivity index (χ1v) is 6.81. The lowest BCUT2D eigenvalue weighted by atomic mass is 9.98. The van der Waals surface area contributed by atoms with Gasteiger partial charge in [0.15, 0.2) is 5.78 Å². The van der Waals surface area contributed by atoms with E-state index in [-0.39, 0.29) is 5.78 Å². The second-order valence-corrected chi connectivity index (χ2v) is 5.35. The molecule has 2 aliphatic rings. The predicted molar refractivity (Wildman–Crippen MR) is 78.3 cm³/mol. The fraction of sp³-hybridized carbons (Fsp3) is 0.438. The number of hydrogen-bond donors (Lipinski definition) is 2. The monoisotopic (exact) mass is 258 g/mol. The maximum absolute atomic E-state index is 11.7. The SMILES string of the molecule is C=C(C)/C(C)=C\C(=C/C)NC1=C(NC2CC2)CC1=O. The Kier molecular flexibility index (Phi) is 3.93. The molecule has 1 fully saturated rings. The summed E-state index contributed by atoms with van der Waals surface area (Å²) in [4.78, 5) is 11.7. The number of Topliss-reactive ketones (excluding diaryl/α,β-unsaturated/α-hetero) is 1. The summed E-state index contributed by atoms with van der Waals surface area (Å²) in [6.07, 6.45) is 6.97. The van der Waals surface area contributed by atoms with Crippen LogP contribution in [0.4, 0.5) is 0 Å². The van der Waals surface area contributed by atoms with Crippen molar-refractivity contribution < 1.29 is 4.79 Å². The lowest BCUT2D eigenvalue weighted by molar-refractivity contribution is -0.117. The van der Waals surface area contributed by atoms with E-state index >= 15 is 0 Å². The molecule has 0 atom stereocenters. The Balaban J connectivity index is 2.07. The Hall–Kier alpha value is -1.77. The molecule has 0 aromatic carbocycles. The molecule has 0 spiro atoms. The molecule has 2 aliphatic carbocycles. The van der Waals surface area contributed by atoms with Crippen LogP contribution in [0, 0.1) is 0 Å². The smallest absolute Gasteiger partial charge is 0.186 e. The summed E-state index contributed by atoms with van der Waals surface area (Å²) >= 11 is 0. The molecule has 3 heteroatoms. The van der Waals surface area contributed by atoms with E-state index < -0.39 is 0 Å². The molecule has 0 aliphatic heterocycles. The highest BCUT2D eigenvalue weighted by Crippen LogP contribution is 2.27. The molecule has 102 valence electrons. The molecule has 3 nitrogen and oxygen atoms in total. The molecule has 0 heterocycles. The average molecular weight is 258 g/mol. The van der Waals surface area contributed by atoms with E-state index in [0.29, 0.717) is 12.5 Å². The number of carbonyl (C=O) groups is 1. The van der Waals surface area contributed by atoms with Crippen molar-refractivity contribution in [3.05, 3.63) is 47.0 Å². The summed E-state index contributed by atoms with van der Waals surface area (Å²) in [5.41, 5.74) is 4.88. The average Bonchev–Trinajstić information content (AvgIpc) is 3.17. The van der Waals surface area contributed by atoms with Crippen molar-refractivity contribution in [1.82, 2.24) is 10.6 Å². The molecule has 0 radical (unpaired) electrons. The van der Waals surface area contributed by atoms with Crippen LogP contribution in [-0.4, -0.2) is 11.8 Å². The van der Waals surface area contributed by atoms with Gasteiger partial charge >= 0.3 is 0 Å². The zero-order valence-corrected chi connectivity index (χ0v) is 12.0. The summed E-state index contributed by atoms with van der Waals surface area (Å²) in [5.74, 6) is 0.184. The third-order valence-corrected chi connectivity index (χ3v) is 3.50. The number of allylic oxidation sites excluding steroid dienone is 6. The van der Waals surface area contributed by atoms with Gasteiger partial charge in [0.05, 0.1) is 6.42 Å². The Bertz CT molecular complexity index is 505. The van der Waals surface area contributed by atoms with Crippen molar-refractivity contribution in [2.24, 2.45) is 0 Å². The lowest BCUT2D eigenvalue weighted by Gasteiger charge is -2.25. The minimum atomic E-state index is 0.184. The van der Waals surface area contributed by atoms with Crippen LogP contribution >= 0.6 is 0 Å². The molecule has 0 aromatic heterocycles. The van der Waals surface area contributed by atoms with Crippen molar-refractivity contribution in [2.75, 3.05) is 0 Å². The number of ketones is 1. The van der Waals surface area contributed by atoms with E-state index in [9.17, 15) is 4.79 Å². The highest BCUT2D eigenvalue weighted by atomic mass is 16.1. The number of carbonyl (C=O) groups excluding carboxylic acids is 1. The van der Waals surface area contributed by atoms with Gasteiger partial charge in [0.1, 0.15) is 5.70 Å². The highest BCUT2D eigenvalue weighted by molar-refractivity contribution is 6.04. The normalized spacial score (nSPS) is 20.3. The second kappa shape index (κ2) is 5.47. The first-order valence-electron chi connectivity index (χ1n) is 6.81. The summed E-state index contributed by atoms with van der Waals surface area (Å²) in [6, 6.07) is 0.585. The summed E-state index contributed by atoms with van der Waals surface area (Å²) in [6.45, 7) is 9.88. The summed E-state index contributed by atoms with van der Waals surface area (Å²) < 4.78 is 0. The van der Waals surface area contributed by atoms with Crippen LogP contribution in [0.3, 0.4) is 0 Å². The van der Waals surface area contributed by atoms with Crippen LogP contribution in [0.5, 0.6) is 0 Å². The van der Waals surface area contributed by atoms with E-state index in [1.165, 1.54) is 12.8 Å². The van der Waals surface area contributed by atoms with Crippen molar-refractivity contribution >= 4 is 5.78 Å². The van der Waals surface area contributed by atoms with Gasteiger partial charge in [-0.15, -0.1) is 0 Å². The fourth-order valence-corrected chi connectivity index (χ4v) is 1.83. The maximum Gasteiger partial charge on any atom is 0.186 e. The van der Waals surface area contributed by atoms with Crippen LogP contribution in [-0.2, 0) is 4.79 Å². The van der Waals surface area contributed by atoms with Gasteiger partial charge in [0.2, 0.25) is 0 Å². The van der Waals surface area contributed by atoms with Gasteiger partial charge < -0.3 is 10.6 Å². The Morgan fingerprint density at radius 1 is 1.37 bits per heavy atom. The van der Waals surface area contributed by atoms with Gasteiger partial charge in [0, 0.05) is 17.4 Å². The predicted octanol–water partition coefficient (Wildman–Crippen LogP) is 2.94. The van der Waals surface area contributed by atoms with Crippen molar-refractivity contribution in [2.45, 2.75) is 46.1 Å². The van der Waals surface area contributed by atoms with Gasteiger partial charge in [-0.25, -0.2) is 0 Å². The molecular weight excluding hydrogens is 236 g/mol. The van der Waals surface area contributed by atoms with Crippen LogP contribution in [0.15, 0.2) is 47.0 Å². The van der Waals surface area contributed by atoms with Gasteiger partial charge in [0.25, 0.3) is 0 Å². The molecule has 0 bridgehead atoms. The molecule has 0 saturated heterocycles. The van der Waals surface area contributed by atoms with Crippen LogP contribution in [0.2, 0.25) is 0 Å².